The minimum atomic E-state index is -0.392. The average Bonchev–Trinajstić information content (AvgIpc) is 3.28. The lowest BCUT2D eigenvalue weighted by Crippen LogP contribution is -1.99. The summed E-state index contributed by atoms with van der Waals surface area (Å²) in [5.41, 5.74) is 5.50. The summed E-state index contributed by atoms with van der Waals surface area (Å²) in [7, 11) is 1.63. The van der Waals surface area contributed by atoms with Crippen LogP contribution >= 0.6 is 0 Å². The van der Waals surface area contributed by atoms with Crippen LogP contribution in [0.5, 0.6) is 5.75 Å². The molecule has 0 atom stereocenters. The fourth-order valence-electron chi connectivity index (χ4n) is 4.56. The van der Waals surface area contributed by atoms with Crippen LogP contribution in [0.2, 0.25) is 0 Å². The van der Waals surface area contributed by atoms with Gasteiger partial charge in [-0.1, -0.05) is 48.5 Å². The van der Waals surface area contributed by atoms with Crippen molar-refractivity contribution < 1.29 is 13.6 Å². The molecule has 0 spiro atoms. The molecule has 4 nitrogen and oxygen atoms in total. The van der Waals surface area contributed by atoms with E-state index in [1.54, 1.807) is 19.4 Å². The molecule has 2 aromatic heterocycles. The van der Waals surface area contributed by atoms with Gasteiger partial charge >= 0.3 is 5.63 Å². The zero-order valence-corrected chi connectivity index (χ0v) is 18.2. The second kappa shape index (κ2) is 7.38. The van der Waals surface area contributed by atoms with Crippen LogP contribution < -0.4 is 10.4 Å². The van der Waals surface area contributed by atoms with Crippen LogP contribution in [-0.2, 0) is 0 Å². The van der Waals surface area contributed by atoms with E-state index in [0.717, 1.165) is 49.9 Å². The number of hydrogen-bond acceptors (Lipinski definition) is 4. The Kier molecular flexibility index (Phi) is 4.34. The molecular formula is C29H20O4. The van der Waals surface area contributed by atoms with E-state index < -0.39 is 5.63 Å². The molecule has 2 heterocycles. The van der Waals surface area contributed by atoms with Crippen LogP contribution in [0.4, 0.5) is 0 Å². The van der Waals surface area contributed by atoms with E-state index in [9.17, 15) is 4.79 Å². The van der Waals surface area contributed by atoms with E-state index in [4.69, 9.17) is 13.6 Å². The smallest absolute Gasteiger partial charge is 0.336 e. The minimum absolute atomic E-state index is 0.392. The van der Waals surface area contributed by atoms with Crippen molar-refractivity contribution in [3.63, 3.8) is 0 Å². The third kappa shape index (κ3) is 3.11. The van der Waals surface area contributed by atoms with Crippen molar-refractivity contribution in [2.75, 3.05) is 7.11 Å². The lowest BCUT2D eigenvalue weighted by Gasteiger charge is -2.10. The van der Waals surface area contributed by atoms with E-state index in [1.165, 1.54) is 10.8 Å². The second-order valence-electron chi connectivity index (χ2n) is 8.17. The van der Waals surface area contributed by atoms with Crippen molar-refractivity contribution in [3.05, 3.63) is 101 Å². The topological polar surface area (TPSA) is 52.6 Å². The van der Waals surface area contributed by atoms with Crippen LogP contribution in [-0.4, -0.2) is 7.11 Å². The number of rotatable bonds is 3. The molecule has 4 heteroatoms. The highest BCUT2D eigenvalue weighted by molar-refractivity contribution is 6.08. The summed E-state index contributed by atoms with van der Waals surface area (Å²) in [5.74, 6) is 0.762. The molecule has 0 unspecified atom stereocenters. The highest BCUT2D eigenvalue weighted by Crippen LogP contribution is 2.39. The first-order valence-electron chi connectivity index (χ1n) is 10.7. The van der Waals surface area contributed by atoms with Crippen molar-refractivity contribution in [2.24, 2.45) is 0 Å². The largest absolute Gasteiger partial charge is 0.497 e. The number of furan rings is 1. The third-order valence-electron chi connectivity index (χ3n) is 6.26. The summed E-state index contributed by atoms with van der Waals surface area (Å²) in [5, 5.41) is 4.22. The molecule has 33 heavy (non-hydrogen) atoms. The Labute approximate surface area is 189 Å². The number of benzene rings is 4. The maximum atomic E-state index is 12.4. The first kappa shape index (κ1) is 19.4. The van der Waals surface area contributed by atoms with Crippen LogP contribution in [0.1, 0.15) is 5.56 Å². The Balaban J connectivity index is 1.63. The van der Waals surface area contributed by atoms with Gasteiger partial charge in [-0.25, -0.2) is 4.79 Å². The molecule has 0 saturated heterocycles. The maximum absolute atomic E-state index is 12.4. The highest BCUT2D eigenvalue weighted by atomic mass is 16.5. The Bertz CT molecular complexity index is 1720. The molecule has 0 aliphatic heterocycles. The highest BCUT2D eigenvalue weighted by Gasteiger charge is 2.18. The Morgan fingerprint density at radius 2 is 1.45 bits per heavy atom. The molecule has 0 saturated carbocycles. The third-order valence-corrected chi connectivity index (χ3v) is 6.26. The first-order chi connectivity index (χ1) is 16.1. The molecule has 6 rings (SSSR count). The van der Waals surface area contributed by atoms with Crippen molar-refractivity contribution >= 4 is 32.7 Å². The van der Waals surface area contributed by atoms with E-state index in [1.807, 2.05) is 43.3 Å². The monoisotopic (exact) mass is 432 g/mol. The molecule has 6 aromatic rings. The molecule has 0 radical (unpaired) electrons. The zero-order chi connectivity index (χ0) is 22.5. The Hall–Kier alpha value is -4.31. The van der Waals surface area contributed by atoms with Gasteiger partial charge < -0.3 is 13.6 Å². The van der Waals surface area contributed by atoms with Gasteiger partial charge in [0, 0.05) is 28.0 Å². The van der Waals surface area contributed by atoms with Gasteiger partial charge in [0.1, 0.15) is 16.9 Å². The second-order valence-corrected chi connectivity index (χ2v) is 8.17. The Morgan fingerprint density at radius 1 is 0.727 bits per heavy atom. The number of methoxy groups -OCH3 is 1. The predicted octanol–water partition coefficient (Wildman–Crippen LogP) is 7.34. The number of fused-ring (bicyclic) bond motifs is 3. The van der Waals surface area contributed by atoms with Crippen LogP contribution in [0, 0.1) is 6.92 Å². The van der Waals surface area contributed by atoms with Crippen LogP contribution in [0.3, 0.4) is 0 Å². The number of hydrogen-bond donors (Lipinski definition) is 0. The molecule has 0 fully saturated rings. The molecule has 4 aromatic carbocycles. The maximum Gasteiger partial charge on any atom is 0.336 e. The Morgan fingerprint density at radius 3 is 2.24 bits per heavy atom. The van der Waals surface area contributed by atoms with Gasteiger partial charge in [0.05, 0.1) is 13.4 Å². The number of aryl methyl sites for hydroxylation is 1. The zero-order valence-electron chi connectivity index (χ0n) is 18.2. The van der Waals surface area contributed by atoms with E-state index in [-0.39, 0.29) is 0 Å². The fourth-order valence-corrected chi connectivity index (χ4v) is 4.56. The van der Waals surface area contributed by atoms with Crippen molar-refractivity contribution in [2.45, 2.75) is 6.92 Å². The molecule has 0 aliphatic rings. The van der Waals surface area contributed by atoms with Gasteiger partial charge in [-0.15, -0.1) is 0 Å². The molecule has 0 bridgehead atoms. The van der Waals surface area contributed by atoms with Crippen molar-refractivity contribution in [1.82, 2.24) is 0 Å². The van der Waals surface area contributed by atoms with E-state index >= 15 is 0 Å². The van der Waals surface area contributed by atoms with Gasteiger partial charge in [-0.3, -0.25) is 0 Å². The van der Waals surface area contributed by atoms with Gasteiger partial charge in [-0.2, -0.15) is 0 Å². The lowest BCUT2D eigenvalue weighted by atomic mass is 9.95. The lowest BCUT2D eigenvalue weighted by molar-refractivity contribution is 0.415. The molecule has 0 N–H and O–H groups in total. The summed E-state index contributed by atoms with van der Waals surface area (Å²) in [6.45, 7) is 1.93. The van der Waals surface area contributed by atoms with Gasteiger partial charge in [0.2, 0.25) is 0 Å². The summed E-state index contributed by atoms with van der Waals surface area (Å²) in [6, 6.07) is 26.0. The number of ether oxygens (including phenoxy) is 1. The summed E-state index contributed by atoms with van der Waals surface area (Å²) in [6.07, 6.45) is 1.78. The molecule has 0 amide bonds. The van der Waals surface area contributed by atoms with Crippen molar-refractivity contribution in [3.8, 4) is 28.0 Å². The SMILES string of the molecule is COc1ccc(-c2cc(=O)oc3c(C)c4occ(-c5ccc6ccccc6c5)c4cc23)cc1. The normalized spacial score (nSPS) is 11.5. The minimum Gasteiger partial charge on any atom is -0.497 e. The molecular weight excluding hydrogens is 412 g/mol. The summed E-state index contributed by atoms with van der Waals surface area (Å²) >= 11 is 0. The molecule has 160 valence electrons. The summed E-state index contributed by atoms with van der Waals surface area (Å²) in [4.78, 5) is 12.4. The standard InChI is InChI=1S/C29H20O4/c1-17-28-25(26(16-32-28)21-8-7-18-5-3-4-6-20(18)13-21)14-24-23(15-27(30)33-29(17)24)19-9-11-22(31-2)12-10-19/h3-16H,1-2H3. The van der Waals surface area contributed by atoms with Gasteiger partial charge in [-0.05, 0) is 58.7 Å². The van der Waals surface area contributed by atoms with Crippen LogP contribution in [0.25, 0.3) is 55.0 Å². The quantitative estimate of drug-likeness (QED) is 0.275. The van der Waals surface area contributed by atoms with Gasteiger partial charge in [0.25, 0.3) is 0 Å². The first-order valence-corrected chi connectivity index (χ1v) is 10.7. The summed E-state index contributed by atoms with van der Waals surface area (Å²) < 4.78 is 16.9. The molecule has 0 aliphatic carbocycles. The van der Waals surface area contributed by atoms with Crippen LogP contribution in [0.15, 0.2) is 98.8 Å². The fraction of sp³-hybridized carbons (Fsp3) is 0.0690. The predicted molar refractivity (Wildman–Crippen MR) is 132 cm³/mol. The van der Waals surface area contributed by atoms with E-state index in [0.29, 0.717) is 5.58 Å². The van der Waals surface area contributed by atoms with Crippen molar-refractivity contribution in [1.29, 1.82) is 0 Å². The van der Waals surface area contributed by atoms with Gasteiger partial charge in [0.15, 0.2) is 0 Å². The van der Waals surface area contributed by atoms with E-state index in [2.05, 4.69) is 36.4 Å². The average molecular weight is 432 g/mol.